The molecule has 0 saturated carbocycles. The van der Waals surface area contributed by atoms with Gasteiger partial charge in [-0.05, 0) is 112 Å². The van der Waals surface area contributed by atoms with E-state index < -0.39 is 5.97 Å². The minimum Gasteiger partial charge on any atom is -0.493 e. The number of nitrogens with zero attached hydrogens (tertiary/aromatic N) is 1. The summed E-state index contributed by atoms with van der Waals surface area (Å²) in [6, 6.07) is 22.9. The van der Waals surface area contributed by atoms with Crippen molar-refractivity contribution in [1.29, 1.82) is 0 Å². The van der Waals surface area contributed by atoms with Crippen LogP contribution in [0.25, 0.3) is 22.5 Å². The molecule has 0 aliphatic carbocycles. The second-order valence-corrected chi connectivity index (χ2v) is 12.2. The molecular weight excluding hydrogens is 630 g/mol. The molecule has 8 nitrogen and oxygen atoms in total. The number of pyridine rings is 1. The first-order chi connectivity index (χ1) is 24.7. The van der Waals surface area contributed by atoms with Crippen molar-refractivity contribution in [3.8, 4) is 51.3 Å². The van der Waals surface area contributed by atoms with Gasteiger partial charge >= 0.3 is 5.97 Å². The second kappa shape index (κ2) is 18.0. The van der Waals surface area contributed by atoms with Crippen molar-refractivity contribution >= 4 is 5.97 Å². The molecule has 260 valence electrons. The van der Waals surface area contributed by atoms with Gasteiger partial charge in [0.25, 0.3) is 0 Å². The van der Waals surface area contributed by atoms with E-state index in [1.54, 1.807) is 18.2 Å². The third kappa shape index (κ3) is 9.26. The van der Waals surface area contributed by atoms with Crippen molar-refractivity contribution in [2.45, 2.75) is 58.0 Å². The van der Waals surface area contributed by atoms with Crippen LogP contribution in [0.2, 0.25) is 0 Å². The van der Waals surface area contributed by atoms with Crippen molar-refractivity contribution in [3.05, 3.63) is 108 Å². The number of methoxy groups -OCH3 is 1. The maximum Gasteiger partial charge on any atom is 0.337 e. The van der Waals surface area contributed by atoms with Gasteiger partial charge in [-0.25, -0.2) is 9.78 Å². The third-order valence-corrected chi connectivity index (χ3v) is 8.46. The molecule has 0 N–H and O–H groups in total. The summed E-state index contributed by atoms with van der Waals surface area (Å²) < 4.78 is 37.0. The highest BCUT2D eigenvalue weighted by atomic mass is 16.5. The van der Waals surface area contributed by atoms with Crippen LogP contribution in [0.1, 0.15) is 67.3 Å². The molecule has 6 rings (SSSR count). The van der Waals surface area contributed by atoms with Crippen LogP contribution >= 0.6 is 0 Å². The first-order valence-corrected chi connectivity index (χ1v) is 17.6. The van der Waals surface area contributed by atoms with Crippen LogP contribution in [0.4, 0.5) is 0 Å². The number of carbonyl (C=O) groups excluding carboxylic acids is 1. The lowest BCUT2D eigenvalue weighted by molar-refractivity contribution is 0.0600. The average molecular weight is 676 g/mol. The van der Waals surface area contributed by atoms with Crippen LogP contribution in [0.15, 0.2) is 97.1 Å². The standard InChI is InChI=1S/C42H45NO7/c1-45-42(44)32-17-14-18-33(29-32)50-30-31-27-38-41-35-20-15-19-34(43-35)40-36(46-23-10-6-2-4-8-12-25-48-38)21-16-22-37(40)47-24-11-7-3-5-9-13-26-49-39(41)28-31/h2-5,14-22,27-29H,6-13,23-26,30H2,1H3/b4-2-,5-3-. The quantitative estimate of drug-likeness (QED) is 0.156. The Kier molecular flexibility index (Phi) is 12.4. The van der Waals surface area contributed by atoms with Crippen LogP contribution in [-0.2, 0) is 11.3 Å². The van der Waals surface area contributed by atoms with Gasteiger partial charge in [-0.15, -0.1) is 0 Å². The zero-order chi connectivity index (χ0) is 34.4. The average Bonchev–Trinajstić information content (AvgIpc) is 3.14. The Balaban J connectivity index is 1.44. The number of ether oxygens (including phenoxy) is 6. The zero-order valence-corrected chi connectivity index (χ0v) is 28.7. The molecular formula is C42H45NO7. The summed E-state index contributed by atoms with van der Waals surface area (Å²) in [5, 5.41) is 0. The summed E-state index contributed by atoms with van der Waals surface area (Å²) >= 11 is 0. The van der Waals surface area contributed by atoms with E-state index in [1.807, 2.05) is 54.6 Å². The molecule has 4 bridgehead atoms. The Hall–Kier alpha value is -5.24. The van der Waals surface area contributed by atoms with Gasteiger partial charge in [0.15, 0.2) is 0 Å². The molecule has 2 aliphatic heterocycles. The highest BCUT2D eigenvalue weighted by Gasteiger charge is 2.21. The normalized spacial score (nSPS) is 16.7. The number of esters is 1. The highest BCUT2D eigenvalue weighted by Crippen LogP contribution is 2.43. The first-order valence-electron chi connectivity index (χ1n) is 17.6. The molecule has 0 unspecified atom stereocenters. The van der Waals surface area contributed by atoms with E-state index in [-0.39, 0.29) is 6.61 Å². The largest absolute Gasteiger partial charge is 0.493 e. The fourth-order valence-electron chi connectivity index (χ4n) is 5.93. The molecule has 0 radical (unpaired) electrons. The van der Waals surface area contributed by atoms with Gasteiger partial charge in [0.2, 0.25) is 0 Å². The minimum absolute atomic E-state index is 0.238. The van der Waals surface area contributed by atoms with Crippen molar-refractivity contribution in [1.82, 2.24) is 4.98 Å². The van der Waals surface area contributed by atoms with Gasteiger partial charge in [0, 0.05) is 0 Å². The SMILES string of the molecule is COC(=O)c1cccc(OCc2cc3c4c(c2)OCCC/C=C\CCCOc2cccc(c2-c2cccc-4n2)OCCC/C=C\CCCO3)c1. The van der Waals surface area contributed by atoms with Crippen LogP contribution in [-0.4, -0.2) is 44.5 Å². The smallest absolute Gasteiger partial charge is 0.337 e. The molecule has 4 aromatic rings. The molecule has 1 aromatic heterocycles. The summed E-state index contributed by atoms with van der Waals surface area (Å²) in [6.45, 7) is 2.47. The number of benzene rings is 3. The van der Waals surface area contributed by atoms with Gasteiger partial charge in [-0.1, -0.05) is 42.5 Å². The molecule has 50 heavy (non-hydrogen) atoms. The Labute approximate surface area is 294 Å². The lowest BCUT2D eigenvalue weighted by atomic mass is 10.0. The third-order valence-electron chi connectivity index (χ3n) is 8.46. The summed E-state index contributed by atoms with van der Waals surface area (Å²) in [7, 11) is 1.36. The fraction of sp³-hybridized carbons (Fsp3) is 0.333. The van der Waals surface area contributed by atoms with E-state index in [2.05, 4.69) is 24.3 Å². The molecule has 0 saturated heterocycles. The van der Waals surface area contributed by atoms with Gasteiger partial charge < -0.3 is 28.4 Å². The van der Waals surface area contributed by atoms with E-state index in [4.69, 9.17) is 33.4 Å². The van der Waals surface area contributed by atoms with E-state index in [0.717, 1.165) is 90.9 Å². The van der Waals surface area contributed by atoms with Crippen LogP contribution in [0.3, 0.4) is 0 Å². The van der Waals surface area contributed by atoms with Crippen molar-refractivity contribution in [3.63, 3.8) is 0 Å². The molecule has 3 aromatic carbocycles. The van der Waals surface area contributed by atoms with E-state index >= 15 is 0 Å². The summed E-state index contributed by atoms with van der Waals surface area (Å²) in [6.07, 6.45) is 16.1. The number of allylic oxidation sites excluding steroid dienone is 4. The van der Waals surface area contributed by atoms with Crippen molar-refractivity contribution in [2.75, 3.05) is 33.5 Å². The molecule has 0 spiro atoms. The Morgan fingerprint density at radius 1 is 0.620 bits per heavy atom. The number of aromatic nitrogens is 1. The van der Waals surface area contributed by atoms with E-state index in [1.165, 1.54) is 7.11 Å². The molecule has 0 fully saturated rings. The number of hydrogen-bond donors (Lipinski definition) is 0. The number of carbonyl (C=O) groups is 1. The lowest BCUT2D eigenvalue weighted by Crippen LogP contribution is -2.06. The molecule has 3 heterocycles. The summed E-state index contributed by atoms with van der Waals surface area (Å²) in [4.78, 5) is 17.4. The monoisotopic (exact) mass is 675 g/mol. The summed E-state index contributed by atoms with van der Waals surface area (Å²) in [5.41, 5.74) is 4.37. The Bertz CT molecular complexity index is 1730. The van der Waals surface area contributed by atoms with Crippen molar-refractivity contribution in [2.24, 2.45) is 0 Å². The summed E-state index contributed by atoms with van der Waals surface area (Å²) in [5.74, 6) is 2.97. The second-order valence-electron chi connectivity index (χ2n) is 12.2. The fourth-order valence-corrected chi connectivity index (χ4v) is 5.93. The number of hydrogen-bond acceptors (Lipinski definition) is 8. The predicted octanol–water partition coefficient (Wildman–Crippen LogP) is 9.56. The minimum atomic E-state index is -0.415. The van der Waals surface area contributed by atoms with Gasteiger partial charge in [0.1, 0.15) is 35.4 Å². The molecule has 8 heteroatoms. The van der Waals surface area contributed by atoms with Crippen LogP contribution < -0.4 is 23.7 Å². The molecule has 0 amide bonds. The highest BCUT2D eigenvalue weighted by molar-refractivity contribution is 5.89. The maximum atomic E-state index is 12.1. The first kappa shape index (κ1) is 34.6. The molecule has 2 aliphatic rings. The van der Waals surface area contributed by atoms with E-state index in [0.29, 0.717) is 49.2 Å². The topological polar surface area (TPSA) is 85.3 Å². The van der Waals surface area contributed by atoms with Crippen molar-refractivity contribution < 1.29 is 33.2 Å². The van der Waals surface area contributed by atoms with Crippen LogP contribution in [0.5, 0.6) is 28.7 Å². The Morgan fingerprint density at radius 2 is 1.10 bits per heavy atom. The lowest BCUT2D eigenvalue weighted by Gasteiger charge is -2.20. The molecule has 0 atom stereocenters. The van der Waals surface area contributed by atoms with Gasteiger partial charge in [-0.2, -0.15) is 0 Å². The predicted molar refractivity (Wildman–Crippen MR) is 194 cm³/mol. The van der Waals surface area contributed by atoms with Crippen LogP contribution in [0, 0.1) is 0 Å². The Morgan fingerprint density at radius 3 is 1.64 bits per heavy atom. The zero-order valence-electron chi connectivity index (χ0n) is 28.7. The van der Waals surface area contributed by atoms with Gasteiger partial charge in [0.05, 0.1) is 61.6 Å². The van der Waals surface area contributed by atoms with E-state index in [9.17, 15) is 4.79 Å². The maximum absolute atomic E-state index is 12.1. The van der Waals surface area contributed by atoms with Gasteiger partial charge in [-0.3, -0.25) is 0 Å². The number of rotatable bonds is 4.